The first kappa shape index (κ1) is 14.1. The van der Waals surface area contributed by atoms with E-state index in [0.717, 1.165) is 30.8 Å². The van der Waals surface area contributed by atoms with Crippen molar-refractivity contribution in [1.29, 1.82) is 0 Å². The molecule has 2 heterocycles. The fourth-order valence-electron chi connectivity index (χ4n) is 2.56. The smallest absolute Gasteiger partial charge is 0.223 e. The highest BCUT2D eigenvalue weighted by Gasteiger charge is 2.32. The van der Waals surface area contributed by atoms with Crippen LogP contribution >= 0.6 is 0 Å². The molecule has 4 nitrogen and oxygen atoms in total. The highest BCUT2D eigenvalue weighted by molar-refractivity contribution is 5.77. The SMILES string of the molecule is CC(C)CC(=O)N1CCC[C@@H]1c1cc(C(C)C)no1. The van der Waals surface area contributed by atoms with Crippen molar-refractivity contribution >= 4 is 5.91 Å². The average Bonchev–Trinajstić information content (AvgIpc) is 2.96. The van der Waals surface area contributed by atoms with Crippen molar-refractivity contribution in [3.05, 3.63) is 17.5 Å². The van der Waals surface area contributed by atoms with Crippen molar-refractivity contribution in [3.63, 3.8) is 0 Å². The lowest BCUT2D eigenvalue weighted by atomic mass is 10.1. The number of nitrogens with zero attached hydrogens (tertiary/aromatic N) is 2. The van der Waals surface area contributed by atoms with Crippen LogP contribution in [0.5, 0.6) is 0 Å². The molecule has 0 spiro atoms. The Labute approximate surface area is 115 Å². The Hall–Kier alpha value is -1.32. The molecule has 1 aromatic heterocycles. The Morgan fingerprint density at radius 2 is 2.21 bits per heavy atom. The van der Waals surface area contributed by atoms with Gasteiger partial charge in [0, 0.05) is 19.0 Å². The number of carbonyl (C=O) groups excluding carboxylic acids is 1. The van der Waals surface area contributed by atoms with Crippen LogP contribution < -0.4 is 0 Å². The molecule has 0 radical (unpaired) electrons. The van der Waals surface area contributed by atoms with Gasteiger partial charge in [0.15, 0.2) is 5.76 Å². The van der Waals surface area contributed by atoms with E-state index in [1.807, 2.05) is 11.0 Å². The van der Waals surface area contributed by atoms with Gasteiger partial charge in [-0.25, -0.2) is 0 Å². The number of aromatic nitrogens is 1. The summed E-state index contributed by atoms with van der Waals surface area (Å²) in [6.07, 6.45) is 2.64. The summed E-state index contributed by atoms with van der Waals surface area (Å²) in [6, 6.07) is 2.10. The van der Waals surface area contributed by atoms with E-state index in [2.05, 4.69) is 32.9 Å². The first-order valence-corrected chi connectivity index (χ1v) is 7.25. The molecule has 1 aliphatic heterocycles. The summed E-state index contributed by atoms with van der Waals surface area (Å²) in [6.45, 7) is 9.19. The summed E-state index contributed by atoms with van der Waals surface area (Å²) in [4.78, 5) is 14.2. The fraction of sp³-hybridized carbons (Fsp3) is 0.733. The summed E-state index contributed by atoms with van der Waals surface area (Å²) in [7, 11) is 0. The van der Waals surface area contributed by atoms with Crippen molar-refractivity contribution in [3.8, 4) is 0 Å². The first-order chi connectivity index (χ1) is 8.99. The van der Waals surface area contributed by atoms with Gasteiger partial charge in [0.25, 0.3) is 0 Å². The van der Waals surface area contributed by atoms with Crippen LogP contribution in [0.15, 0.2) is 10.6 Å². The molecule has 0 unspecified atom stereocenters. The predicted octanol–water partition coefficient (Wildman–Crippen LogP) is 3.51. The quantitative estimate of drug-likeness (QED) is 0.836. The van der Waals surface area contributed by atoms with Crippen LogP contribution in [-0.2, 0) is 4.79 Å². The molecule has 1 atom stereocenters. The third-order valence-corrected chi connectivity index (χ3v) is 3.62. The Kier molecular flexibility index (Phi) is 4.27. The van der Waals surface area contributed by atoms with Gasteiger partial charge in [-0.3, -0.25) is 4.79 Å². The van der Waals surface area contributed by atoms with Crippen molar-refractivity contribution in [1.82, 2.24) is 10.1 Å². The van der Waals surface area contributed by atoms with Gasteiger partial charge in [-0.15, -0.1) is 0 Å². The molecule has 106 valence electrons. The Morgan fingerprint density at radius 3 is 2.79 bits per heavy atom. The van der Waals surface area contributed by atoms with E-state index in [9.17, 15) is 4.79 Å². The summed E-state index contributed by atoms with van der Waals surface area (Å²) < 4.78 is 5.45. The van der Waals surface area contributed by atoms with Crippen LogP contribution in [0.4, 0.5) is 0 Å². The van der Waals surface area contributed by atoms with Crippen molar-refractivity contribution < 1.29 is 9.32 Å². The first-order valence-electron chi connectivity index (χ1n) is 7.25. The molecule has 1 saturated heterocycles. The molecule has 0 bridgehead atoms. The minimum atomic E-state index is 0.0891. The Morgan fingerprint density at radius 1 is 1.47 bits per heavy atom. The van der Waals surface area contributed by atoms with E-state index >= 15 is 0 Å². The number of hydrogen-bond acceptors (Lipinski definition) is 3. The Balaban J connectivity index is 2.11. The van der Waals surface area contributed by atoms with Gasteiger partial charge in [-0.05, 0) is 24.7 Å². The number of likely N-dealkylation sites (tertiary alicyclic amines) is 1. The normalized spacial score (nSPS) is 19.7. The van der Waals surface area contributed by atoms with Gasteiger partial charge in [0.2, 0.25) is 5.91 Å². The van der Waals surface area contributed by atoms with E-state index in [1.54, 1.807) is 0 Å². The molecule has 4 heteroatoms. The number of hydrogen-bond donors (Lipinski definition) is 0. The standard InChI is InChI=1S/C15H24N2O2/c1-10(2)8-15(18)17-7-5-6-13(17)14-9-12(11(3)4)16-19-14/h9-11,13H,5-8H2,1-4H3/t13-/m1/s1. The average molecular weight is 264 g/mol. The van der Waals surface area contributed by atoms with E-state index in [-0.39, 0.29) is 11.9 Å². The van der Waals surface area contributed by atoms with E-state index in [0.29, 0.717) is 18.3 Å². The van der Waals surface area contributed by atoms with E-state index in [4.69, 9.17) is 4.52 Å². The van der Waals surface area contributed by atoms with Gasteiger partial charge in [-0.2, -0.15) is 0 Å². The van der Waals surface area contributed by atoms with Crippen molar-refractivity contribution in [2.45, 2.75) is 58.9 Å². The lowest BCUT2D eigenvalue weighted by molar-refractivity contribution is -0.133. The van der Waals surface area contributed by atoms with Crippen LogP contribution in [0.3, 0.4) is 0 Å². The highest BCUT2D eigenvalue weighted by Crippen LogP contribution is 2.34. The minimum absolute atomic E-state index is 0.0891. The highest BCUT2D eigenvalue weighted by atomic mass is 16.5. The summed E-state index contributed by atoms with van der Waals surface area (Å²) in [5.41, 5.74) is 0.971. The largest absolute Gasteiger partial charge is 0.359 e. The molecule has 0 saturated carbocycles. The molecule has 2 rings (SSSR count). The van der Waals surface area contributed by atoms with Crippen LogP contribution in [0, 0.1) is 5.92 Å². The molecule has 1 aromatic rings. The second-order valence-corrected chi connectivity index (χ2v) is 6.15. The fourth-order valence-corrected chi connectivity index (χ4v) is 2.56. The third kappa shape index (κ3) is 3.17. The number of carbonyl (C=O) groups is 1. The van der Waals surface area contributed by atoms with Crippen LogP contribution in [-0.4, -0.2) is 22.5 Å². The Bertz CT molecular complexity index is 437. The lowest BCUT2D eigenvalue weighted by Gasteiger charge is -2.23. The van der Waals surface area contributed by atoms with Gasteiger partial charge >= 0.3 is 0 Å². The maximum absolute atomic E-state index is 12.2. The van der Waals surface area contributed by atoms with Crippen LogP contribution in [0.1, 0.15) is 70.4 Å². The minimum Gasteiger partial charge on any atom is -0.359 e. The summed E-state index contributed by atoms with van der Waals surface area (Å²) >= 11 is 0. The molecule has 1 amide bonds. The zero-order valence-electron chi connectivity index (χ0n) is 12.3. The third-order valence-electron chi connectivity index (χ3n) is 3.62. The van der Waals surface area contributed by atoms with Crippen LogP contribution in [0.25, 0.3) is 0 Å². The zero-order chi connectivity index (χ0) is 14.0. The molecule has 1 fully saturated rings. The molecule has 0 aliphatic carbocycles. The van der Waals surface area contributed by atoms with Gasteiger partial charge in [-0.1, -0.05) is 32.9 Å². The maximum atomic E-state index is 12.2. The van der Waals surface area contributed by atoms with Gasteiger partial charge in [0.05, 0.1) is 11.7 Å². The predicted molar refractivity (Wildman–Crippen MR) is 73.7 cm³/mol. The monoisotopic (exact) mass is 264 g/mol. The topological polar surface area (TPSA) is 46.3 Å². The molecule has 1 aliphatic rings. The molecular weight excluding hydrogens is 240 g/mol. The summed E-state index contributed by atoms with van der Waals surface area (Å²) in [5, 5.41) is 4.10. The van der Waals surface area contributed by atoms with Gasteiger partial charge in [0.1, 0.15) is 0 Å². The van der Waals surface area contributed by atoms with Crippen molar-refractivity contribution in [2.24, 2.45) is 5.92 Å². The molecule has 0 N–H and O–H groups in total. The number of amides is 1. The van der Waals surface area contributed by atoms with E-state index < -0.39 is 0 Å². The number of rotatable bonds is 4. The second-order valence-electron chi connectivity index (χ2n) is 6.15. The van der Waals surface area contributed by atoms with Crippen molar-refractivity contribution in [2.75, 3.05) is 6.54 Å². The summed E-state index contributed by atoms with van der Waals surface area (Å²) in [5.74, 6) is 1.84. The van der Waals surface area contributed by atoms with E-state index in [1.165, 1.54) is 0 Å². The maximum Gasteiger partial charge on any atom is 0.223 e. The molecular formula is C15H24N2O2. The lowest BCUT2D eigenvalue weighted by Crippen LogP contribution is -2.31. The van der Waals surface area contributed by atoms with Crippen LogP contribution in [0.2, 0.25) is 0 Å². The molecule has 19 heavy (non-hydrogen) atoms. The second kappa shape index (κ2) is 5.76. The molecule has 0 aromatic carbocycles. The zero-order valence-corrected chi connectivity index (χ0v) is 12.3. The van der Waals surface area contributed by atoms with Gasteiger partial charge < -0.3 is 9.42 Å².